The summed E-state index contributed by atoms with van der Waals surface area (Å²) in [5.41, 5.74) is 0.267. The molecule has 0 aliphatic carbocycles. The molecule has 152 valence electrons. The van der Waals surface area contributed by atoms with E-state index in [1.54, 1.807) is 28.9 Å². The van der Waals surface area contributed by atoms with Gasteiger partial charge in [-0.1, -0.05) is 32.0 Å². The Labute approximate surface area is 172 Å². The summed E-state index contributed by atoms with van der Waals surface area (Å²) in [6, 6.07) is 10.2. The smallest absolute Gasteiger partial charge is 0.255 e. The molecule has 29 heavy (non-hydrogen) atoms. The van der Waals surface area contributed by atoms with Gasteiger partial charge in [0.2, 0.25) is 10.6 Å². The van der Waals surface area contributed by atoms with Crippen LogP contribution in [-0.4, -0.2) is 33.0 Å². The topological polar surface area (TPSA) is 74.2 Å². The van der Waals surface area contributed by atoms with E-state index in [1.807, 2.05) is 19.9 Å². The minimum absolute atomic E-state index is 0.121. The number of rotatable bonds is 5. The molecule has 0 saturated carbocycles. The fourth-order valence-electron chi connectivity index (χ4n) is 2.97. The Morgan fingerprint density at radius 2 is 1.93 bits per heavy atom. The monoisotopic (exact) mass is 416 g/mol. The summed E-state index contributed by atoms with van der Waals surface area (Å²) in [5, 5.41) is 2.93. The van der Waals surface area contributed by atoms with E-state index in [1.165, 1.54) is 18.6 Å². The van der Waals surface area contributed by atoms with E-state index in [4.69, 9.17) is 26.4 Å². The second kappa shape index (κ2) is 7.66. The molecule has 3 aromatic rings. The van der Waals surface area contributed by atoms with E-state index >= 15 is 0 Å². The van der Waals surface area contributed by atoms with Crippen molar-refractivity contribution in [3.8, 4) is 11.6 Å². The zero-order valence-corrected chi connectivity index (χ0v) is 16.9. The predicted octanol–water partition coefficient (Wildman–Crippen LogP) is 4.19. The van der Waals surface area contributed by atoms with Crippen molar-refractivity contribution in [3.63, 3.8) is 0 Å². The second-order valence-electron chi connectivity index (χ2n) is 7.68. The third-order valence-electron chi connectivity index (χ3n) is 4.58. The zero-order valence-electron chi connectivity index (χ0n) is 16.1. The molecule has 0 radical (unpaired) electrons. The molecule has 1 N–H and O–H groups in total. The fraction of sp³-hybridized carbons (Fsp3) is 0.350. The summed E-state index contributed by atoms with van der Waals surface area (Å²) in [4.78, 5) is 8.18. The molecule has 7 nitrogen and oxygen atoms in total. The van der Waals surface area contributed by atoms with Gasteiger partial charge in [0.05, 0.1) is 13.2 Å². The number of pyridine rings is 1. The molecule has 1 aliphatic heterocycles. The first-order chi connectivity index (χ1) is 13.9. The van der Waals surface area contributed by atoms with Gasteiger partial charge >= 0.3 is 0 Å². The van der Waals surface area contributed by atoms with Crippen LogP contribution >= 0.6 is 12.2 Å². The highest BCUT2D eigenvalue weighted by Crippen LogP contribution is 2.38. The largest absolute Gasteiger partial charge is 0.436 e. The highest BCUT2D eigenvalue weighted by atomic mass is 32.1. The van der Waals surface area contributed by atoms with Crippen molar-refractivity contribution in [3.05, 3.63) is 65.1 Å². The number of para-hydroxylation sites is 1. The number of hydrogen-bond acceptors (Lipinski definition) is 6. The fourth-order valence-corrected chi connectivity index (χ4v) is 3.14. The molecule has 9 heteroatoms. The molecule has 2 aromatic heterocycles. The van der Waals surface area contributed by atoms with Gasteiger partial charge < -0.3 is 14.2 Å². The molecule has 0 unspecified atom stereocenters. The molecule has 1 aliphatic rings. The lowest BCUT2D eigenvalue weighted by Gasteiger charge is -2.43. The van der Waals surface area contributed by atoms with Crippen LogP contribution in [0, 0.1) is 16.0 Å². The number of H-pyrrole nitrogens is 1. The van der Waals surface area contributed by atoms with Crippen molar-refractivity contribution in [1.29, 1.82) is 0 Å². The van der Waals surface area contributed by atoms with Gasteiger partial charge in [-0.05, 0) is 30.4 Å². The van der Waals surface area contributed by atoms with E-state index in [-0.39, 0.29) is 17.8 Å². The average molecular weight is 416 g/mol. The van der Waals surface area contributed by atoms with Crippen molar-refractivity contribution in [2.45, 2.75) is 26.2 Å². The van der Waals surface area contributed by atoms with Gasteiger partial charge in [-0.2, -0.15) is 0 Å². The van der Waals surface area contributed by atoms with Crippen LogP contribution < -0.4 is 4.74 Å². The number of benzene rings is 1. The summed E-state index contributed by atoms with van der Waals surface area (Å²) in [5.74, 6) is -1.49. The van der Waals surface area contributed by atoms with Crippen molar-refractivity contribution < 1.29 is 18.6 Å². The Hall–Kier alpha value is -2.62. The van der Waals surface area contributed by atoms with Crippen LogP contribution in [0.15, 0.2) is 48.9 Å². The first-order valence-electron chi connectivity index (χ1n) is 9.14. The normalized spacial score (nSPS) is 17.8. The number of halogens is 1. The lowest BCUT2D eigenvalue weighted by atomic mass is 9.93. The summed E-state index contributed by atoms with van der Waals surface area (Å²) < 4.78 is 34.6. The SMILES string of the molecule is CC1(C)COC(Cn2[nH]cnc2=S)(c2cnc(Oc3ccccc3)c(F)c2)OC1. The number of hydrogen-bond donors (Lipinski definition) is 1. The maximum Gasteiger partial charge on any atom is 0.255 e. The van der Waals surface area contributed by atoms with Crippen LogP contribution in [0.25, 0.3) is 0 Å². The highest BCUT2D eigenvalue weighted by molar-refractivity contribution is 7.71. The summed E-state index contributed by atoms with van der Waals surface area (Å²) in [6.45, 7) is 5.11. The molecule has 0 spiro atoms. The Balaban J connectivity index is 1.66. The zero-order chi connectivity index (χ0) is 20.5. The van der Waals surface area contributed by atoms with Gasteiger partial charge in [0.25, 0.3) is 5.88 Å². The van der Waals surface area contributed by atoms with Crippen molar-refractivity contribution in [2.24, 2.45) is 5.41 Å². The standard InChI is InChI=1S/C20H21FN4O3S/c1-19(2)11-26-20(27-12-19,10-25-18(29)23-13-24-25)14-8-16(21)17(22-9-14)28-15-6-4-3-5-7-15/h3-9,13H,10-12H2,1-2H3,(H,23,24,29). The summed E-state index contributed by atoms with van der Waals surface area (Å²) >= 11 is 5.22. The molecule has 1 saturated heterocycles. The van der Waals surface area contributed by atoms with Crippen LogP contribution in [-0.2, 0) is 21.8 Å². The van der Waals surface area contributed by atoms with Crippen LogP contribution in [0.1, 0.15) is 19.4 Å². The van der Waals surface area contributed by atoms with Gasteiger partial charge in [0.15, 0.2) is 5.82 Å². The van der Waals surface area contributed by atoms with E-state index < -0.39 is 11.6 Å². The summed E-state index contributed by atoms with van der Waals surface area (Å²) in [6.07, 6.45) is 2.98. The van der Waals surface area contributed by atoms with E-state index in [2.05, 4.69) is 15.1 Å². The highest BCUT2D eigenvalue weighted by Gasteiger charge is 2.43. The molecule has 0 atom stereocenters. The minimum atomic E-state index is -1.25. The van der Waals surface area contributed by atoms with Crippen molar-refractivity contribution >= 4 is 12.2 Å². The number of nitrogens with zero attached hydrogens (tertiary/aromatic N) is 3. The quantitative estimate of drug-likeness (QED) is 0.629. The molecule has 0 amide bonds. The van der Waals surface area contributed by atoms with Gasteiger partial charge in [-0.25, -0.2) is 14.4 Å². The molecule has 3 heterocycles. The maximum atomic E-state index is 14.8. The third kappa shape index (κ3) is 4.21. The van der Waals surface area contributed by atoms with E-state index in [9.17, 15) is 4.39 Å². The number of nitrogens with one attached hydrogen (secondary N) is 1. The first-order valence-corrected chi connectivity index (χ1v) is 9.55. The Morgan fingerprint density at radius 1 is 1.21 bits per heavy atom. The molecule has 1 fully saturated rings. The number of aromatic nitrogens is 4. The molecule has 1 aromatic carbocycles. The Kier molecular flexibility index (Phi) is 5.20. The number of aromatic amines is 1. The lowest BCUT2D eigenvalue weighted by Crippen LogP contribution is -2.48. The van der Waals surface area contributed by atoms with Crippen LogP contribution in [0.3, 0.4) is 0 Å². The minimum Gasteiger partial charge on any atom is -0.436 e. The molecule has 4 rings (SSSR count). The van der Waals surface area contributed by atoms with Crippen LogP contribution in [0.5, 0.6) is 11.6 Å². The number of ether oxygens (including phenoxy) is 3. The average Bonchev–Trinajstić information content (AvgIpc) is 3.10. The molecular formula is C20H21FN4O3S. The molecule has 0 bridgehead atoms. The van der Waals surface area contributed by atoms with Gasteiger partial charge in [0.1, 0.15) is 18.6 Å². The first kappa shape index (κ1) is 19.7. The van der Waals surface area contributed by atoms with Crippen LogP contribution in [0.4, 0.5) is 4.39 Å². The van der Waals surface area contributed by atoms with Gasteiger partial charge in [-0.15, -0.1) is 0 Å². The van der Waals surface area contributed by atoms with Crippen molar-refractivity contribution in [2.75, 3.05) is 13.2 Å². The van der Waals surface area contributed by atoms with Gasteiger partial charge in [-0.3, -0.25) is 9.78 Å². The predicted molar refractivity (Wildman–Crippen MR) is 105 cm³/mol. The van der Waals surface area contributed by atoms with E-state index in [0.29, 0.717) is 29.3 Å². The van der Waals surface area contributed by atoms with Crippen molar-refractivity contribution in [1.82, 2.24) is 19.7 Å². The van der Waals surface area contributed by atoms with Crippen LogP contribution in [0.2, 0.25) is 0 Å². The molecular weight excluding hydrogens is 395 g/mol. The van der Waals surface area contributed by atoms with Gasteiger partial charge in [0, 0.05) is 17.2 Å². The van der Waals surface area contributed by atoms with E-state index in [0.717, 1.165) is 0 Å². The third-order valence-corrected chi connectivity index (χ3v) is 4.91. The Morgan fingerprint density at radius 3 is 2.55 bits per heavy atom. The summed E-state index contributed by atoms with van der Waals surface area (Å²) in [7, 11) is 0. The Bertz CT molecular complexity index is 1040. The lowest BCUT2D eigenvalue weighted by molar-refractivity contribution is -0.315. The second-order valence-corrected chi connectivity index (χ2v) is 8.04. The maximum absolute atomic E-state index is 14.8.